The van der Waals surface area contributed by atoms with E-state index in [1.54, 1.807) is 0 Å². The highest BCUT2D eigenvalue weighted by atomic mass is 28.4. The number of hydrogen-bond donors (Lipinski definition) is 0. The van der Waals surface area contributed by atoms with E-state index in [0.29, 0.717) is 12.5 Å². The average Bonchev–Trinajstić information content (AvgIpc) is 3.42. The first kappa shape index (κ1) is 25.7. The summed E-state index contributed by atoms with van der Waals surface area (Å²) in [5.74, 6) is -0.696. The SMILES string of the molecule is C/C=C\[C@H](C)[C@H]1O[C@]1(C)[C@@H](O[Si](CC)(CC)CC)[C@H]1COC(C)(C)O[C@@H]1[C@H](C)C=O. The zero-order valence-electron chi connectivity index (χ0n) is 20.6. The van der Waals surface area contributed by atoms with Crippen molar-refractivity contribution in [3.8, 4) is 0 Å². The third-order valence-corrected chi connectivity index (χ3v) is 11.9. The molecule has 2 heterocycles. The molecule has 0 radical (unpaired) electrons. The third kappa shape index (κ3) is 5.26. The van der Waals surface area contributed by atoms with Crippen molar-refractivity contribution in [3.05, 3.63) is 12.2 Å². The van der Waals surface area contributed by atoms with Crippen LogP contribution in [0.2, 0.25) is 18.1 Å². The van der Waals surface area contributed by atoms with Crippen LogP contribution in [0.1, 0.15) is 62.3 Å². The number of carbonyl (C=O) groups excluding carboxylic acids is 1. The fourth-order valence-corrected chi connectivity index (χ4v) is 8.02. The van der Waals surface area contributed by atoms with Crippen molar-refractivity contribution in [2.75, 3.05) is 6.61 Å². The Labute approximate surface area is 185 Å². The maximum atomic E-state index is 11.8. The van der Waals surface area contributed by atoms with Gasteiger partial charge in [-0.25, -0.2) is 0 Å². The lowest BCUT2D eigenvalue weighted by atomic mass is 9.79. The summed E-state index contributed by atoms with van der Waals surface area (Å²) >= 11 is 0. The van der Waals surface area contributed by atoms with Gasteiger partial charge in [0.2, 0.25) is 0 Å². The highest BCUT2D eigenvalue weighted by Crippen LogP contribution is 2.51. The molecule has 2 aliphatic heterocycles. The second-order valence-electron chi connectivity index (χ2n) is 9.84. The summed E-state index contributed by atoms with van der Waals surface area (Å²) in [7, 11) is -1.92. The number of hydrogen-bond acceptors (Lipinski definition) is 5. The number of carbonyl (C=O) groups is 1. The summed E-state index contributed by atoms with van der Waals surface area (Å²) in [5, 5.41) is 0. The van der Waals surface area contributed by atoms with Crippen molar-refractivity contribution in [3.63, 3.8) is 0 Å². The van der Waals surface area contributed by atoms with Gasteiger partial charge in [-0.3, -0.25) is 0 Å². The Morgan fingerprint density at radius 2 is 1.67 bits per heavy atom. The summed E-state index contributed by atoms with van der Waals surface area (Å²) in [6.07, 6.45) is 4.95. The number of ether oxygens (including phenoxy) is 3. The zero-order chi connectivity index (χ0) is 22.7. The summed E-state index contributed by atoms with van der Waals surface area (Å²) in [6.45, 7) is 19.4. The van der Waals surface area contributed by atoms with Crippen LogP contribution in [0.3, 0.4) is 0 Å². The highest BCUT2D eigenvalue weighted by Gasteiger charge is 2.64. The molecule has 0 amide bonds. The summed E-state index contributed by atoms with van der Waals surface area (Å²) in [5.41, 5.74) is -0.406. The molecule has 0 spiro atoms. The molecule has 5 nitrogen and oxygen atoms in total. The molecule has 6 heteroatoms. The van der Waals surface area contributed by atoms with Crippen LogP contribution < -0.4 is 0 Å². The Hall–Kier alpha value is -0.533. The minimum atomic E-state index is -1.92. The quantitative estimate of drug-likeness (QED) is 0.188. The first-order valence-corrected chi connectivity index (χ1v) is 14.3. The molecule has 0 saturated carbocycles. The van der Waals surface area contributed by atoms with Crippen molar-refractivity contribution in [1.82, 2.24) is 0 Å². The molecule has 0 aromatic heterocycles. The third-order valence-electron chi connectivity index (χ3n) is 7.32. The Balaban J connectivity index is 2.43. The van der Waals surface area contributed by atoms with Gasteiger partial charge in [-0.15, -0.1) is 0 Å². The number of epoxide rings is 1. The second-order valence-corrected chi connectivity index (χ2v) is 14.6. The molecule has 174 valence electrons. The normalized spacial score (nSPS) is 34.5. The van der Waals surface area contributed by atoms with Gasteiger partial charge in [0.15, 0.2) is 14.1 Å². The van der Waals surface area contributed by atoms with E-state index in [4.69, 9.17) is 18.6 Å². The van der Waals surface area contributed by atoms with Gasteiger partial charge in [-0.1, -0.05) is 46.8 Å². The molecule has 0 bridgehead atoms. The largest absolute Gasteiger partial charge is 0.410 e. The van der Waals surface area contributed by atoms with Crippen LogP contribution in [0.5, 0.6) is 0 Å². The molecule has 2 fully saturated rings. The molecule has 0 N–H and O–H groups in total. The van der Waals surface area contributed by atoms with Gasteiger partial charge in [-0.2, -0.15) is 0 Å². The maximum absolute atomic E-state index is 11.8. The number of aldehydes is 1. The maximum Gasteiger partial charge on any atom is 0.192 e. The molecule has 0 aromatic rings. The van der Waals surface area contributed by atoms with E-state index < -0.39 is 19.7 Å². The van der Waals surface area contributed by atoms with Crippen molar-refractivity contribution in [2.24, 2.45) is 17.8 Å². The van der Waals surface area contributed by atoms with Gasteiger partial charge in [-0.05, 0) is 45.8 Å². The van der Waals surface area contributed by atoms with E-state index in [9.17, 15) is 4.79 Å². The minimum absolute atomic E-state index is 0.0532. The molecule has 30 heavy (non-hydrogen) atoms. The van der Waals surface area contributed by atoms with Gasteiger partial charge in [0.1, 0.15) is 11.9 Å². The Morgan fingerprint density at radius 3 is 2.17 bits per heavy atom. The van der Waals surface area contributed by atoms with Crippen LogP contribution in [-0.2, 0) is 23.4 Å². The number of rotatable bonds is 11. The lowest BCUT2D eigenvalue weighted by Gasteiger charge is -2.48. The summed E-state index contributed by atoms with van der Waals surface area (Å²) in [6, 6.07) is 3.19. The van der Waals surface area contributed by atoms with Crippen molar-refractivity contribution in [1.29, 1.82) is 0 Å². The van der Waals surface area contributed by atoms with Crippen molar-refractivity contribution in [2.45, 2.75) is 110 Å². The van der Waals surface area contributed by atoms with E-state index in [0.717, 1.165) is 24.4 Å². The molecule has 2 aliphatic rings. The zero-order valence-corrected chi connectivity index (χ0v) is 21.6. The predicted octanol–water partition coefficient (Wildman–Crippen LogP) is 5.35. The first-order valence-electron chi connectivity index (χ1n) is 11.8. The second kappa shape index (κ2) is 9.95. The van der Waals surface area contributed by atoms with E-state index in [1.807, 2.05) is 27.7 Å². The fraction of sp³-hybridized carbons (Fsp3) is 0.875. The molecular weight excluding hydrogens is 396 g/mol. The Kier molecular flexibility index (Phi) is 8.53. The van der Waals surface area contributed by atoms with Gasteiger partial charge in [0.05, 0.1) is 24.9 Å². The van der Waals surface area contributed by atoms with E-state index >= 15 is 0 Å². The summed E-state index contributed by atoms with van der Waals surface area (Å²) in [4.78, 5) is 11.8. The van der Waals surface area contributed by atoms with Crippen LogP contribution in [0, 0.1) is 17.8 Å². The molecule has 2 rings (SSSR count). The van der Waals surface area contributed by atoms with Crippen LogP contribution in [0.4, 0.5) is 0 Å². The smallest absolute Gasteiger partial charge is 0.192 e. The molecule has 7 atom stereocenters. The van der Waals surface area contributed by atoms with Crippen LogP contribution in [-0.4, -0.2) is 50.9 Å². The first-order chi connectivity index (χ1) is 14.0. The summed E-state index contributed by atoms with van der Waals surface area (Å²) < 4.78 is 25.9. The Morgan fingerprint density at radius 1 is 1.07 bits per heavy atom. The van der Waals surface area contributed by atoms with Crippen LogP contribution >= 0.6 is 0 Å². The predicted molar refractivity (Wildman–Crippen MR) is 123 cm³/mol. The van der Waals surface area contributed by atoms with E-state index in [-0.39, 0.29) is 30.1 Å². The van der Waals surface area contributed by atoms with Gasteiger partial charge >= 0.3 is 0 Å². The molecule has 0 aliphatic carbocycles. The molecule has 0 unspecified atom stereocenters. The number of allylic oxidation sites excluding steroid dienone is 1. The molecule has 0 aromatic carbocycles. The van der Waals surface area contributed by atoms with Crippen molar-refractivity contribution >= 4 is 14.6 Å². The van der Waals surface area contributed by atoms with Crippen molar-refractivity contribution < 1.29 is 23.4 Å². The monoisotopic (exact) mass is 440 g/mol. The standard InChI is InChI=1S/C24H44O5Si/c1-10-14-17(5)21-24(9,28-21)22(29-30(11-2,12-3)13-4)19-16-26-23(7,8)27-20(19)18(6)15-25/h10,14-15,17-22H,11-13,16H2,1-9H3/b14-10-/t17-,18+,19-,20+,21+,22-,24-/m0/s1. The lowest BCUT2D eigenvalue weighted by Crippen LogP contribution is -2.58. The fourth-order valence-electron chi connectivity index (χ4n) is 5.08. The topological polar surface area (TPSA) is 57.3 Å². The lowest BCUT2D eigenvalue weighted by molar-refractivity contribution is -0.309. The van der Waals surface area contributed by atoms with Gasteiger partial charge in [0.25, 0.3) is 0 Å². The van der Waals surface area contributed by atoms with E-state index in [1.165, 1.54) is 0 Å². The highest BCUT2D eigenvalue weighted by molar-refractivity contribution is 6.73. The van der Waals surface area contributed by atoms with E-state index in [2.05, 4.69) is 46.8 Å². The van der Waals surface area contributed by atoms with Crippen LogP contribution in [0.15, 0.2) is 12.2 Å². The average molecular weight is 441 g/mol. The van der Waals surface area contributed by atoms with Gasteiger partial charge in [0, 0.05) is 17.8 Å². The van der Waals surface area contributed by atoms with Crippen LogP contribution in [0.25, 0.3) is 0 Å². The Bertz CT molecular complexity index is 594. The minimum Gasteiger partial charge on any atom is -0.410 e. The van der Waals surface area contributed by atoms with Gasteiger partial charge < -0.3 is 23.4 Å². The molecule has 2 saturated heterocycles. The molecular formula is C24H44O5Si.